The van der Waals surface area contributed by atoms with E-state index >= 15 is 0 Å². The molecule has 0 bridgehead atoms. The number of aromatic amines is 2. The molecule has 0 saturated carbocycles. The molecule has 4 heteroatoms. The van der Waals surface area contributed by atoms with Crippen LogP contribution in [0.25, 0.3) is 16.7 Å². The molecule has 0 spiro atoms. The van der Waals surface area contributed by atoms with E-state index in [9.17, 15) is 4.79 Å². The van der Waals surface area contributed by atoms with Gasteiger partial charge >= 0.3 is 5.69 Å². The summed E-state index contributed by atoms with van der Waals surface area (Å²) in [5.41, 5.74) is 4.92. The molecule has 2 heterocycles. The molecular formula is C13H13N3O. The molecule has 0 aliphatic carbocycles. The second kappa shape index (κ2) is 3.38. The largest absolute Gasteiger partial charge is 0.323 e. The molecule has 2 N–H and O–H groups in total. The molecule has 17 heavy (non-hydrogen) atoms. The minimum atomic E-state index is -0.168. The third-order valence-electron chi connectivity index (χ3n) is 3.03. The van der Waals surface area contributed by atoms with Crippen LogP contribution in [0.2, 0.25) is 0 Å². The van der Waals surface area contributed by atoms with Crippen LogP contribution >= 0.6 is 0 Å². The van der Waals surface area contributed by atoms with Crippen molar-refractivity contribution in [2.45, 2.75) is 13.8 Å². The Bertz CT molecular complexity index is 726. The Morgan fingerprint density at radius 3 is 2.29 bits per heavy atom. The number of rotatable bonds is 1. The highest BCUT2D eigenvalue weighted by molar-refractivity contribution is 5.77. The van der Waals surface area contributed by atoms with Gasteiger partial charge in [-0.05, 0) is 44.2 Å². The monoisotopic (exact) mass is 227 g/mol. The predicted octanol–water partition coefficient (Wildman–Crippen LogP) is 2.26. The summed E-state index contributed by atoms with van der Waals surface area (Å²) in [6.45, 7) is 4.13. The van der Waals surface area contributed by atoms with Crippen molar-refractivity contribution in [2.75, 3.05) is 0 Å². The first-order valence-corrected chi connectivity index (χ1v) is 5.52. The van der Waals surface area contributed by atoms with Crippen LogP contribution in [0, 0.1) is 13.8 Å². The van der Waals surface area contributed by atoms with Crippen molar-refractivity contribution in [3.63, 3.8) is 0 Å². The Balaban J connectivity index is 2.27. The van der Waals surface area contributed by atoms with Crippen molar-refractivity contribution < 1.29 is 0 Å². The first kappa shape index (κ1) is 9.96. The van der Waals surface area contributed by atoms with Gasteiger partial charge in [0.15, 0.2) is 0 Å². The van der Waals surface area contributed by atoms with Crippen molar-refractivity contribution in [2.24, 2.45) is 0 Å². The summed E-state index contributed by atoms with van der Waals surface area (Å²) in [6, 6.07) is 10.1. The fraction of sp³-hybridized carbons (Fsp3) is 0.154. The Kier molecular flexibility index (Phi) is 1.98. The number of aryl methyl sites for hydroxylation is 2. The number of aromatic nitrogens is 3. The fourth-order valence-electron chi connectivity index (χ4n) is 2.24. The third kappa shape index (κ3) is 1.49. The minimum absolute atomic E-state index is 0.168. The Labute approximate surface area is 97.9 Å². The lowest BCUT2D eigenvalue weighted by atomic mass is 10.2. The zero-order chi connectivity index (χ0) is 12.0. The first-order valence-electron chi connectivity index (χ1n) is 5.52. The molecule has 0 aliphatic rings. The topological polar surface area (TPSA) is 53.6 Å². The van der Waals surface area contributed by atoms with Crippen LogP contribution in [0.1, 0.15) is 11.4 Å². The lowest BCUT2D eigenvalue weighted by molar-refractivity contribution is 0.967. The van der Waals surface area contributed by atoms with E-state index in [1.165, 1.54) is 11.4 Å². The first-order chi connectivity index (χ1) is 8.15. The van der Waals surface area contributed by atoms with Crippen LogP contribution in [-0.4, -0.2) is 14.5 Å². The van der Waals surface area contributed by atoms with E-state index in [1.807, 2.05) is 18.2 Å². The van der Waals surface area contributed by atoms with Crippen LogP contribution in [0.5, 0.6) is 0 Å². The second-order valence-corrected chi connectivity index (χ2v) is 4.26. The molecule has 0 amide bonds. The molecule has 4 nitrogen and oxygen atoms in total. The molecule has 2 aromatic heterocycles. The van der Waals surface area contributed by atoms with E-state index in [0.29, 0.717) is 0 Å². The highest BCUT2D eigenvalue weighted by atomic mass is 16.1. The molecule has 0 atom stereocenters. The Morgan fingerprint density at radius 2 is 1.59 bits per heavy atom. The van der Waals surface area contributed by atoms with E-state index in [1.54, 1.807) is 0 Å². The fourth-order valence-corrected chi connectivity index (χ4v) is 2.24. The molecule has 3 rings (SSSR count). The average Bonchev–Trinajstić information content (AvgIpc) is 2.80. The number of H-pyrrole nitrogens is 2. The molecule has 0 radical (unpaired) electrons. The molecular weight excluding hydrogens is 214 g/mol. The number of benzene rings is 1. The third-order valence-corrected chi connectivity index (χ3v) is 3.03. The Hall–Kier alpha value is -2.23. The van der Waals surface area contributed by atoms with Crippen molar-refractivity contribution in [1.29, 1.82) is 0 Å². The van der Waals surface area contributed by atoms with Crippen LogP contribution in [0.15, 0.2) is 35.1 Å². The standard InChI is InChI=1S/C13H13N3O/c1-8-3-4-9(2)16(8)10-5-6-11-12(7-10)15-13(17)14-11/h3-7H,1-2H3,(H2,14,15,17). The molecule has 0 unspecified atom stereocenters. The maximum atomic E-state index is 11.2. The SMILES string of the molecule is Cc1ccc(C)n1-c1ccc2[nH]c(=O)[nH]c2c1. The van der Waals surface area contributed by atoms with Gasteiger partial charge in [-0.1, -0.05) is 0 Å². The normalized spacial score (nSPS) is 11.2. The minimum Gasteiger partial charge on any atom is -0.318 e. The molecule has 0 saturated heterocycles. The van der Waals surface area contributed by atoms with E-state index in [-0.39, 0.29) is 5.69 Å². The van der Waals surface area contributed by atoms with Crippen molar-refractivity contribution >= 4 is 11.0 Å². The summed E-state index contributed by atoms with van der Waals surface area (Å²) in [4.78, 5) is 16.7. The van der Waals surface area contributed by atoms with Crippen molar-refractivity contribution in [3.8, 4) is 5.69 Å². The number of nitrogens with one attached hydrogen (secondary N) is 2. The molecule has 86 valence electrons. The van der Waals surface area contributed by atoms with Crippen LogP contribution in [-0.2, 0) is 0 Å². The smallest absolute Gasteiger partial charge is 0.318 e. The van der Waals surface area contributed by atoms with E-state index in [4.69, 9.17) is 0 Å². The Morgan fingerprint density at radius 1 is 0.941 bits per heavy atom. The van der Waals surface area contributed by atoms with Crippen molar-refractivity contribution in [1.82, 2.24) is 14.5 Å². The summed E-state index contributed by atoms with van der Waals surface area (Å²) in [5, 5.41) is 0. The van der Waals surface area contributed by atoms with Crippen molar-refractivity contribution in [3.05, 3.63) is 52.2 Å². The highest BCUT2D eigenvalue weighted by Crippen LogP contribution is 2.19. The second-order valence-electron chi connectivity index (χ2n) is 4.26. The van der Waals surface area contributed by atoms with Gasteiger partial charge in [-0.25, -0.2) is 4.79 Å². The quantitative estimate of drug-likeness (QED) is 0.658. The van der Waals surface area contributed by atoms with Crippen LogP contribution < -0.4 is 5.69 Å². The van der Waals surface area contributed by atoms with Gasteiger partial charge in [0.1, 0.15) is 0 Å². The lowest BCUT2D eigenvalue weighted by Gasteiger charge is -2.09. The van der Waals surface area contributed by atoms with Gasteiger partial charge in [-0.2, -0.15) is 0 Å². The number of hydrogen-bond donors (Lipinski definition) is 2. The van der Waals surface area contributed by atoms with Crippen LogP contribution in [0.4, 0.5) is 0 Å². The number of fused-ring (bicyclic) bond motifs is 1. The summed E-state index contributed by atoms with van der Waals surface area (Å²) in [6.07, 6.45) is 0. The summed E-state index contributed by atoms with van der Waals surface area (Å²) in [7, 11) is 0. The lowest BCUT2D eigenvalue weighted by Crippen LogP contribution is -1.99. The average molecular weight is 227 g/mol. The zero-order valence-corrected chi connectivity index (χ0v) is 9.74. The summed E-state index contributed by atoms with van der Waals surface area (Å²) in [5.74, 6) is 0. The van der Waals surface area contributed by atoms with Gasteiger partial charge in [0.05, 0.1) is 11.0 Å². The van der Waals surface area contributed by atoms with Gasteiger partial charge in [-0.15, -0.1) is 0 Å². The highest BCUT2D eigenvalue weighted by Gasteiger charge is 2.05. The zero-order valence-electron chi connectivity index (χ0n) is 9.74. The number of nitrogens with zero attached hydrogens (tertiary/aromatic N) is 1. The molecule has 1 aromatic carbocycles. The molecule has 0 aliphatic heterocycles. The summed E-state index contributed by atoms with van der Waals surface area (Å²) < 4.78 is 2.16. The van der Waals surface area contributed by atoms with E-state index in [0.717, 1.165) is 16.7 Å². The van der Waals surface area contributed by atoms with Gasteiger partial charge < -0.3 is 14.5 Å². The maximum absolute atomic E-state index is 11.2. The van der Waals surface area contributed by atoms with Crippen LogP contribution in [0.3, 0.4) is 0 Å². The molecule has 3 aromatic rings. The van der Waals surface area contributed by atoms with Gasteiger partial charge in [0, 0.05) is 17.1 Å². The van der Waals surface area contributed by atoms with Gasteiger partial charge in [0.2, 0.25) is 0 Å². The predicted molar refractivity (Wildman–Crippen MR) is 67.7 cm³/mol. The van der Waals surface area contributed by atoms with E-state index < -0.39 is 0 Å². The molecule has 0 fully saturated rings. The van der Waals surface area contributed by atoms with Gasteiger partial charge in [0.25, 0.3) is 0 Å². The number of hydrogen-bond acceptors (Lipinski definition) is 1. The van der Waals surface area contributed by atoms with Gasteiger partial charge in [-0.3, -0.25) is 0 Å². The number of imidazole rings is 1. The maximum Gasteiger partial charge on any atom is 0.323 e. The summed E-state index contributed by atoms with van der Waals surface area (Å²) >= 11 is 0. The van der Waals surface area contributed by atoms with E-state index in [2.05, 4.69) is 40.5 Å².